The average molecular weight is 933 g/mol. The molecule has 21 heteroatoms. The molecule has 0 saturated carbocycles. The first-order valence-electron chi connectivity index (χ1n) is 21.4. The number of carbonyl (C=O) groups excluding carboxylic acids is 6. The predicted octanol–water partition coefficient (Wildman–Crippen LogP) is 1.13. The van der Waals surface area contributed by atoms with Gasteiger partial charge in [0, 0.05) is 48.7 Å². The lowest BCUT2D eigenvalue weighted by atomic mass is 9.93. The van der Waals surface area contributed by atoms with Crippen LogP contribution in [0, 0.1) is 0 Å². The summed E-state index contributed by atoms with van der Waals surface area (Å²) in [5, 5.41) is 16.8. The number of amides is 2. The van der Waals surface area contributed by atoms with Crippen LogP contribution in [0.15, 0.2) is 60.7 Å². The normalized spacial score (nSPS) is 32.0. The van der Waals surface area contributed by atoms with Crippen LogP contribution in [0.4, 0.5) is 0 Å². The van der Waals surface area contributed by atoms with E-state index < -0.39 is 141 Å². The van der Waals surface area contributed by atoms with Crippen LogP contribution < -0.4 is 10.6 Å². The summed E-state index contributed by atoms with van der Waals surface area (Å²) < 4.78 is 73.2. The summed E-state index contributed by atoms with van der Waals surface area (Å²) in [6.45, 7) is 7.77. The van der Waals surface area contributed by atoms with E-state index >= 15 is 0 Å². The van der Waals surface area contributed by atoms with E-state index in [-0.39, 0.29) is 13.2 Å². The lowest BCUT2D eigenvalue weighted by Crippen LogP contribution is -2.71. The molecule has 0 unspecified atom stereocenters. The molecule has 2 aromatic carbocycles. The minimum atomic E-state index is -1.83. The van der Waals surface area contributed by atoms with Gasteiger partial charge in [-0.1, -0.05) is 60.7 Å². The Labute approximate surface area is 382 Å². The van der Waals surface area contributed by atoms with Crippen LogP contribution >= 0.6 is 0 Å². The van der Waals surface area contributed by atoms with Crippen molar-refractivity contribution in [3.05, 3.63) is 71.8 Å². The molecule has 0 radical (unpaired) electrons. The van der Waals surface area contributed by atoms with Crippen molar-refractivity contribution >= 4 is 35.7 Å². The highest BCUT2D eigenvalue weighted by molar-refractivity contribution is 5.74. The number of hydrogen-bond acceptors (Lipinski definition) is 19. The Morgan fingerprint density at radius 3 is 1.53 bits per heavy atom. The van der Waals surface area contributed by atoms with Crippen LogP contribution in [0.2, 0.25) is 0 Å². The number of methoxy groups -OCH3 is 1. The quantitative estimate of drug-likeness (QED) is 0.132. The molecule has 3 saturated heterocycles. The standard InChI is InChI=1S/C45H60N2O19/c1-23-36(58-19-30-15-11-9-12-16-30)41(59-20-31-17-13-10-14-18-31)42(55-8)45(60-23)66-39-34(46-24(2)48)43(54)63-32(21-56-26(4)50)38(39)65-44-35(47-25(3)49)40(62-29(7)53)37(61-28(6)52)33(64-44)22-57-27(5)51/h9-18,23,32-45,54H,19-22H2,1-8H3,(H,46,48)(H,47,49)/t23-,32+,33+,34-,35+,36-,37+,38+,39+,40+,41+,42+,43-,44-,45-/m0/s1. The highest BCUT2D eigenvalue weighted by Gasteiger charge is 2.57. The molecular weight excluding hydrogens is 872 g/mol. The Morgan fingerprint density at radius 2 is 1.03 bits per heavy atom. The SMILES string of the molecule is CO[C@H]1[C@H](O[C@@H]2[C@H](NC(C)=O)[C@@H](O)O[C@H](COC(C)=O)[C@H]2O[C@@H]2O[C@H](COC(C)=O)[C@@H](OC(C)=O)[C@H](OC(C)=O)[C@H]2NC(C)=O)O[C@@H](C)[C@H](OCc2ccccc2)[C@H]1OCc1ccccc1. The zero-order chi connectivity index (χ0) is 48.1. The molecule has 21 nitrogen and oxygen atoms in total. The average Bonchev–Trinajstić information content (AvgIpc) is 3.25. The zero-order valence-corrected chi connectivity index (χ0v) is 38.1. The fraction of sp³-hybridized carbons (Fsp3) is 0.600. The number of nitrogens with one attached hydrogen (secondary N) is 2. The van der Waals surface area contributed by atoms with Crippen molar-refractivity contribution in [1.29, 1.82) is 0 Å². The monoisotopic (exact) mass is 932 g/mol. The summed E-state index contributed by atoms with van der Waals surface area (Å²) in [4.78, 5) is 75.0. The van der Waals surface area contributed by atoms with Gasteiger partial charge in [-0.05, 0) is 18.1 Å². The molecule has 3 aliphatic heterocycles. The lowest BCUT2D eigenvalue weighted by Gasteiger charge is -2.51. The van der Waals surface area contributed by atoms with Crippen LogP contribution in [0.1, 0.15) is 59.6 Å². The Bertz CT molecular complexity index is 1920. The van der Waals surface area contributed by atoms with E-state index in [1.165, 1.54) is 14.0 Å². The first-order valence-corrected chi connectivity index (χ1v) is 21.4. The summed E-state index contributed by atoms with van der Waals surface area (Å²) >= 11 is 0. The molecule has 364 valence electrons. The second-order valence-corrected chi connectivity index (χ2v) is 15.9. The third-order valence-corrected chi connectivity index (χ3v) is 10.7. The van der Waals surface area contributed by atoms with Crippen molar-refractivity contribution in [1.82, 2.24) is 10.6 Å². The maximum atomic E-state index is 12.8. The number of esters is 4. The van der Waals surface area contributed by atoms with Crippen molar-refractivity contribution < 1.29 is 90.7 Å². The van der Waals surface area contributed by atoms with Gasteiger partial charge in [-0.25, -0.2) is 0 Å². The minimum absolute atomic E-state index is 0.132. The van der Waals surface area contributed by atoms with Gasteiger partial charge in [0.25, 0.3) is 0 Å². The van der Waals surface area contributed by atoms with Crippen molar-refractivity contribution in [2.24, 2.45) is 0 Å². The number of rotatable bonds is 19. The fourth-order valence-electron chi connectivity index (χ4n) is 7.97. The van der Waals surface area contributed by atoms with Crippen molar-refractivity contribution in [2.75, 3.05) is 20.3 Å². The van der Waals surface area contributed by atoms with Crippen LogP contribution in [-0.4, -0.2) is 153 Å². The van der Waals surface area contributed by atoms with Gasteiger partial charge in [-0.15, -0.1) is 0 Å². The zero-order valence-electron chi connectivity index (χ0n) is 38.1. The fourth-order valence-corrected chi connectivity index (χ4v) is 7.97. The second kappa shape index (κ2) is 24.6. The summed E-state index contributed by atoms with van der Waals surface area (Å²) in [6.07, 6.45) is -17.2. The summed E-state index contributed by atoms with van der Waals surface area (Å²) in [5.41, 5.74) is 1.74. The molecule has 2 aromatic rings. The van der Waals surface area contributed by atoms with Gasteiger partial charge in [0.05, 0.1) is 19.3 Å². The number of hydrogen-bond donors (Lipinski definition) is 3. The van der Waals surface area contributed by atoms with Gasteiger partial charge in [0.2, 0.25) is 11.8 Å². The molecule has 3 aliphatic rings. The first kappa shape index (κ1) is 51.9. The van der Waals surface area contributed by atoms with Gasteiger partial charge >= 0.3 is 23.9 Å². The third kappa shape index (κ3) is 14.4. The second-order valence-electron chi connectivity index (χ2n) is 15.9. The number of carbonyl (C=O) groups is 6. The van der Waals surface area contributed by atoms with Crippen LogP contribution in [-0.2, 0) is 98.8 Å². The summed E-state index contributed by atoms with van der Waals surface area (Å²) in [6, 6.07) is 16.0. The van der Waals surface area contributed by atoms with E-state index in [9.17, 15) is 33.9 Å². The Morgan fingerprint density at radius 1 is 0.545 bits per heavy atom. The molecule has 0 spiro atoms. The maximum Gasteiger partial charge on any atom is 0.303 e. The molecular formula is C45H60N2O19. The van der Waals surface area contributed by atoms with Gasteiger partial charge in [0.1, 0.15) is 68.0 Å². The smallest absolute Gasteiger partial charge is 0.303 e. The summed E-state index contributed by atoms with van der Waals surface area (Å²) in [5.74, 6) is -4.44. The van der Waals surface area contributed by atoms with E-state index in [4.69, 9.17) is 56.8 Å². The van der Waals surface area contributed by atoms with Crippen molar-refractivity contribution in [2.45, 2.75) is 154 Å². The van der Waals surface area contributed by atoms with Crippen LogP contribution in [0.3, 0.4) is 0 Å². The van der Waals surface area contributed by atoms with Gasteiger partial charge in [-0.3, -0.25) is 28.8 Å². The van der Waals surface area contributed by atoms with Crippen molar-refractivity contribution in [3.63, 3.8) is 0 Å². The molecule has 2 amide bonds. The molecule has 3 heterocycles. The lowest BCUT2D eigenvalue weighted by molar-refractivity contribution is -0.368. The highest BCUT2D eigenvalue weighted by atomic mass is 16.8. The van der Waals surface area contributed by atoms with Gasteiger partial charge in [-0.2, -0.15) is 0 Å². The Hall–Kier alpha value is -5.10. The van der Waals surface area contributed by atoms with Gasteiger partial charge < -0.3 is 72.6 Å². The van der Waals surface area contributed by atoms with Crippen LogP contribution in [0.5, 0.6) is 0 Å². The van der Waals surface area contributed by atoms with Crippen molar-refractivity contribution in [3.8, 4) is 0 Å². The molecule has 0 bridgehead atoms. The topological polar surface area (TPSA) is 257 Å². The molecule has 0 aliphatic carbocycles. The minimum Gasteiger partial charge on any atom is -0.463 e. The maximum absolute atomic E-state index is 12.8. The number of aliphatic hydroxyl groups is 1. The molecule has 5 rings (SSSR count). The van der Waals surface area contributed by atoms with Gasteiger partial charge in [0.15, 0.2) is 31.1 Å². The van der Waals surface area contributed by atoms with E-state index in [1.54, 1.807) is 6.92 Å². The van der Waals surface area contributed by atoms with E-state index in [0.717, 1.165) is 45.7 Å². The summed E-state index contributed by atoms with van der Waals surface area (Å²) in [7, 11) is 1.42. The van der Waals surface area contributed by atoms with Crippen LogP contribution in [0.25, 0.3) is 0 Å². The molecule has 15 atom stereocenters. The number of ether oxygens (including phenoxy) is 12. The van der Waals surface area contributed by atoms with E-state index in [1.807, 2.05) is 60.7 Å². The van der Waals surface area contributed by atoms with E-state index in [2.05, 4.69) is 10.6 Å². The number of benzene rings is 2. The predicted molar refractivity (Wildman–Crippen MR) is 224 cm³/mol. The Kier molecular flexibility index (Phi) is 19.3. The molecule has 0 aromatic heterocycles. The first-order chi connectivity index (χ1) is 31.4. The molecule has 66 heavy (non-hydrogen) atoms. The molecule has 3 N–H and O–H groups in total. The highest BCUT2D eigenvalue weighted by Crippen LogP contribution is 2.36. The Balaban J connectivity index is 1.58. The largest absolute Gasteiger partial charge is 0.463 e. The van der Waals surface area contributed by atoms with E-state index in [0.29, 0.717) is 0 Å². The number of aliphatic hydroxyl groups excluding tert-OH is 1. The third-order valence-electron chi connectivity index (χ3n) is 10.7. The molecule has 3 fully saturated rings.